The topological polar surface area (TPSA) is 113 Å². The van der Waals surface area contributed by atoms with Gasteiger partial charge in [0.1, 0.15) is 16.4 Å². The number of aromatic nitrogens is 4. The Bertz CT molecular complexity index is 1750. The van der Waals surface area contributed by atoms with Gasteiger partial charge in [0.05, 0.1) is 23.9 Å². The molecule has 11 nitrogen and oxygen atoms in total. The van der Waals surface area contributed by atoms with Crippen molar-refractivity contribution in [3.05, 3.63) is 54.4 Å². The molecule has 7 rings (SSSR count). The Kier molecular flexibility index (Phi) is 6.63. The predicted octanol–water partition coefficient (Wildman–Crippen LogP) is 5.45. The van der Waals surface area contributed by atoms with E-state index in [1.165, 1.54) is 6.42 Å². The molecule has 42 heavy (non-hydrogen) atoms. The summed E-state index contributed by atoms with van der Waals surface area (Å²) in [5.74, 6) is 2.05. The number of imidazole rings is 1. The molecule has 2 atom stereocenters. The van der Waals surface area contributed by atoms with Crippen molar-refractivity contribution in [2.45, 2.75) is 44.8 Å². The fourth-order valence-electron chi connectivity index (χ4n) is 5.56. The van der Waals surface area contributed by atoms with Crippen molar-refractivity contribution in [2.75, 3.05) is 48.8 Å². The largest absolute Gasteiger partial charge is 0.375 e. The first-order valence-corrected chi connectivity index (χ1v) is 15.0. The average molecular weight is 587 g/mol. The number of anilines is 3. The molecule has 2 amide bonds. The highest BCUT2D eigenvalue weighted by Crippen LogP contribution is 2.31. The summed E-state index contributed by atoms with van der Waals surface area (Å²) in [4.78, 5) is 28.9. The summed E-state index contributed by atoms with van der Waals surface area (Å²) in [5.41, 5.74) is 3.33. The zero-order valence-electron chi connectivity index (χ0n) is 24.1. The summed E-state index contributed by atoms with van der Waals surface area (Å²) in [5, 5.41) is 9.47. The van der Waals surface area contributed by atoms with Gasteiger partial charge in [-0.25, -0.2) is 14.8 Å². The maximum Gasteiger partial charge on any atom is 0.324 e. The standard InChI is InChI=1S/C30H34N8O3S/c1-30(2,3)24-14-25(35-41-24)33-28(39)31-19-7-5-18(6-8-19)22-16-38-23-9-10-26(34-27(23)42-29(38)32-22)36(4)11-12-37-15-21-13-20(37)17-40-21/h5-10,14,16,20-21H,11-13,15,17H2,1-4H3,(H2,31,33,35,39)/t20-,21-/m0/s1. The van der Waals surface area contributed by atoms with Gasteiger partial charge in [-0.3, -0.25) is 14.6 Å². The number of benzene rings is 1. The lowest BCUT2D eigenvalue weighted by molar-refractivity contribution is 0.0319. The fourth-order valence-corrected chi connectivity index (χ4v) is 6.54. The van der Waals surface area contributed by atoms with Crippen LogP contribution in [0.4, 0.5) is 22.1 Å². The first kappa shape index (κ1) is 26.9. The van der Waals surface area contributed by atoms with E-state index in [4.69, 9.17) is 19.2 Å². The van der Waals surface area contributed by atoms with Gasteiger partial charge >= 0.3 is 6.03 Å². The smallest absolute Gasteiger partial charge is 0.324 e. The summed E-state index contributed by atoms with van der Waals surface area (Å²) in [6, 6.07) is 13.7. The summed E-state index contributed by atoms with van der Waals surface area (Å²) in [7, 11) is 2.11. The van der Waals surface area contributed by atoms with E-state index in [9.17, 15) is 4.79 Å². The lowest BCUT2D eigenvalue weighted by Crippen LogP contribution is -2.41. The van der Waals surface area contributed by atoms with E-state index in [1.807, 2.05) is 51.2 Å². The van der Waals surface area contributed by atoms with Crippen molar-refractivity contribution in [3.8, 4) is 11.3 Å². The Hall–Kier alpha value is -4.00. The Labute approximate surface area is 247 Å². The van der Waals surface area contributed by atoms with E-state index in [0.717, 1.165) is 58.6 Å². The summed E-state index contributed by atoms with van der Waals surface area (Å²) in [6.07, 6.45) is 3.64. The quantitative estimate of drug-likeness (QED) is 0.259. The van der Waals surface area contributed by atoms with E-state index >= 15 is 0 Å². The van der Waals surface area contributed by atoms with Gasteiger partial charge in [0.25, 0.3) is 0 Å². The SMILES string of the molecule is CN(CCN1C[C@@H]2C[C@H]1CO2)c1ccc2c(n1)sc1nc(-c3ccc(NC(=O)Nc4cc(C(C)(C)C)on4)cc3)cn12. The number of rotatable bonds is 7. The number of hydrogen-bond donors (Lipinski definition) is 2. The minimum Gasteiger partial charge on any atom is -0.375 e. The molecule has 0 radical (unpaired) electrons. The van der Waals surface area contributed by atoms with E-state index in [-0.39, 0.29) is 11.4 Å². The van der Waals surface area contributed by atoms with Crippen LogP contribution in [0.2, 0.25) is 0 Å². The van der Waals surface area contributed by atoms with Gasteiger partial charge in [0.2, 0.25) is 0 Å². The van der Waals surface area contributed by atoms with Gasteiger partial charge in [-0.05, 0) is 30.7 Å². The second-order valence-electron chi connectivity index (χ2n) is 12.1. The molecule has 6 heterocycles. The zero-order valence-corrected chi connectivity index (χ0v) is 24.9. The molecular weight excluding hydrogens is 552 g/mol. The molecule has 2 saturated heterocycles. The molecule has 4 aromatic heterocycles. The van der Waals surface area contributed by atoms with Crippen LogP contribution in [0.3, 0.4) is 0 Å². The number of ether oxygens (including phenoxy) is 1. The number of nitrogens with one attached hydrogen (secondary N) is 2. The van der Waals surface area contributed by atoms with Crippen LogP contribution in [0.5, 0.6) is 0 Å². The predicted molar refractivity (Wildman–Crippen MR) is 165 cm³/mol. The van der Waals surface area contributed by atoms with Crippen LogP contribution in [0.25, 0.3) is 26.6 Å². The minimum atomic E-state index is -0.388. The fraction of sp³-hybridized carbons (Fsp3) is 0.400. The number of likely N-dealkylation sites (tertiary alicyclic amines) is 1. The van der Waals surface area contributed by atoms with Gasteiger partial charge < -0.3 is 19.5 Å². The zero-order chi connectivity index (χ0) is 29.0. The van der Waals surface area contributed by atoms with E-state index < -0.39 is 0 Å². The van der Waals surface area contributed by atoms with Gasteiger partial charge in [-0.1, -0.05) is 49.4 Å². The average Bonchev–Trinajstić information content (AvgIpc) is 3.78. The highest BCUT2D eigenvalue weighted by Gasteiger charge is 2.38. The normalized spacial score (nSPS) is 18.8. The maximum atomic E-state index is 12.5. The lowest BCUT2D eigenvalue weighted by atomic mass is 9.93. The first-order valence-electron chi connectivity index (χ1n) is 14.2. The summed E-state index contributed by atoms with van der Waals surface area (Å²) < 4.78 is 13.2. The summed E-state index contributed by atoms with van der Waals surface area (Å²) in [6.45, 7) is 9.94. The number of fused-ring (bicyclic) bond motifs is 5. The number of likely N-dealkylation sites (N-methyl/N-ethyl adjacent to an activating group) is 1. The number of amides is 2. The Morgan fingerprint density at radius 3 is 2.69 bits per heavy atom. The van der Waals surface area contributed by atoms with Gasteiger partial charge in [0, 0.05) is 61.7 Å². The molecule has 12 heteroatoms. The van der Waals surface area contributed by atoms with Crippen molar-refractivity contribution >= 4 is 50.0 Å². The number of nitrogens with zero attached hydrogens (tertiary/aromatic N) is 6. The van der Waals surface area contributed by atoms with Crippen LogP contribution in [0.15, 0.2) is 53.2 Å². The maximum absolute atomic E-state index is 12.5. The van der Waals surface area contributed by atoms with E-state index in [0.29, 0.717) is 29.4 Å². The second-order valence-corrected chi connectivity index (χ2v) is 13.1. The van der Waals surface area contributed by atoms with Crippen LogP contribution >= 0.6 is 11.3 Å². The highest BCUT2D eigenvalue weighted by atomic mass is 32.1. The number of pyridine rings is 1. The van der Waals surface area contributed by atoms with E-state index in [1.54, 1.807) is 17.4 Å². The van der Waals surface area contributed by atoms with Crippen molar-refractivity contribution < 1.29 is 14.1 Å². The van der Waals surface area contributed by atoms with Gasteiger partial charge in [-0.15, -0.1) is 0 Å². The number of morpholine rings is 1. The molecule has 0 aliphatic carbocycles. The number of hydrogen-bond acceptors (Lipinski definition) is 9. The third-order valence-electron chi connectivity index (χ3n) is 8.00. The monoisotopic (exact) mass is 586 g/mol. The molecule has 218 valence electrons. The molecule has 2 fully saturated rings. The van der Waals surface area contributed by atoms with Crippen molar-refractivity contribution in [1.82, 2.24) is 24.4 Å². The molecule has 2 aliphatic rings. The molecule has 2 bridgehead atoms. The number of urea groups is 1. The third kappa shape index (κ3) is 5.21. The van der Waals surface area contributed by atoms with Crippen molar-refractivity contribution in [2.24, 2.45) is 0 Å². The molecule has 1 aromatic carbocycles. The minimum absolute atomic E-state index is 0.188. The molecular formula is C30H34N8O3S. The molecule has 0 spiro atoms. The van der Waals surface area contributed by atoms with Gasteiger partial charge in [0.15, 0.2) is 10.8 Å². The first-order chi connectivity index (χ1) is 20.2. The number of carbonyl (C=O) groups is 1. The molecule has 5 aromatic rings. The Balaban J connectivity index is 0.994. The number of carbonyl (C=O) groups excluding carboxylic acids is 1. The highest BCUT2D eigenvalue weighted by molar-refractivity contribution is 7.23. The Morgan fingerprint density at radius 2 is 1.98 bits per heavy atom. The summed E-state index contributed by atoms with van der Waals surface area (Å²) >= 11 is 1.59. The van der Waals surface area contributed by atoms with Crippen LogP contribution < -0.4 is 15.5 Å². The molecule has 2 N–H and O–H groups in total. The molecule has 0 unspecified atom stereocenters. The van der Waals surface area contributed by atoms with Crippen molar-refractivity contribution in [3.63, 3.8) is 0 Å². The second kappa shape index (κ2) is 10.4. The lowest BCUT2D eigenvalue weighted by Gasteiger charge is -2.29. The van der Waals surface area contributed by atoms with Crippen molar-refractivity contribution in [1.29, 1.82) is 0 Å². The van der Waals surface area contributed by atoms with Crippen LogP contribution in [0, 0.1) is 0 Å². The Morgan fingerprint density at radius 1 is 1.14 bits per heavy atom. The van der Waals surface area contributed by atoms with E-state index in [2.05, 4.69) is 49.2 Å². The van der Waals surface area contributed by atoms with Gasteiger partial charge in [-0.2, -0.15) is 0 Å². The van der Waals surface area contributed by atoms with Crippen LogP contribution in [0.1, 0.15) is 33.0 Å². The van der Waals surface area contributed by atoms with Crippen LogP contribution in [-0.4, -0.2) is 75.9 Å². The van der Waals surface area contributed by atoms with Crippen LogP contribution in [-0.2, 0) is 10.2 Å². The third-order valence-corrected chi connectivity index (χ3v) is 8.97. The molecule has 2 aliphatic heterocycles. The number of thiazole rings is 1. The molecule has 0 saturated carbocycles.